The number of nitrogens with zero attached hydrogens (tertiary/aromatic N) is 3. The first-order valence-electron chi connectivity index (χ1n) is 12.0. The van der Waals surface area contributed by atoms with Crippen LogP contribution in [-0.4, -0.2) is 60.1 Å². The van der Waals surface area contributed by atoms with Gasteiger partial charge in [-0.2, -0.15) is 9.97 Å². The Labute approximate surface area is 219 Å². The fraction of sp³-hybridized carbons (Fsp3) is 0.296. The van der Waals surface area contributed by atoms with Gasteiger partial charge in [0.05, 0.1) is 5.52 Å². The van der Waals surface area contributed by atoms with E-state index in [0.29, 0.717) is 42.6 Å². The summed E-state index contributed by atoms with van der Waals surface area (Å²) < 4.78 is 7.29. The first-order chi connectivity index (χ1) is 17.5. The van der Waals surface area contributed by atoms with Gasteiger partial charge in [0.15, 0.2) is 0 Å². The summed E-state index contributed by atoms with van der Waals surface area (Å²) in [5, 5.41) is 10.7. The van der Waals surface area contributed by atoms with Crippen molar-refractivity contribution in [1.29, 1.82) is 0 Å². The van der Waals surface area contributed by atoms with Crippen LogP contribution in [0.3, 0.4) is 0 Å². The minimum Gasteiger partial charge on any atom is -0.462 e. The van der Waals surface area contributed by atoms with E-state index in [1.807, 2.05) is 18.2 Å². The smallest absolute Gasteiger partial charge is 0.318 e. The monoisotopic (exact) mass is 521 g/mol. The lowest BCUT2D eigenvalue weighted by molar-refractivity contribution is -0.116. The zero-order chi connectivity index (χ0) is 25.1. The minimum atomic E-state index is -0.218. The molecule has 1 amide bonds. The lowest BCUT2D eigenvalue weighted by Gasteiger charge is -2.19. The van der Waals surface area contributed by atoms with Crippen molar-refractivity contribution in [3.8, 4) is 17.1 Å². The van der Waals surface area contributed by atoms with E-state index in [0.717, 1.165) is 40.4 Å². The quantitative estimate of drug-likeness (QED) is 0.228. The van der Waals surface area contributed by atoms with Gasteiger partial charge in [0.25, 0.3) is 0 Å². The number of nitrogens with one attached hydrogen (secondary N) is 2. The topological polar surface area (TPSA) is 79.4 Å². The minimum absolute atomic E-state index is 0.218. The van der Waals surface area contributed by atoms with Crippen molar-refractivity contribution in [2.45, 2.75) is 18.9 Å². The van der Waals surface area contributed by atoms with Crippen LogP contribution in [0.1, 0.15) is 12.8 Å². The zero-order valence-electron chi connectivity index (χ0n) is 20.1. The van der Waals surface area contributed by atoms with E-state index < -0.39 is 0 Å². The molecule has 1 aliphatic rings. The maximum atomic E-state index is 11.5. The molecule has 5 rings (SSSR count). The predicted octanol–water partition coefficient (Wildman–Crippen LogP) is 5.35. The van der Waals surface area contributed by atoms with Gasteiger partial charge in [0.2, 0.25) is 5.91 Å². The summed E-state index contributed by atoms with van der Waals surface area (Å²) in [6.45, 7) is 5.99. The van der Waals surface area contributed by atoms with Crippen molar-refractivity contribution in [3.63, 3.8) is 0 Å². The van der Waals surface area contributed by atoms with Gasteiger partial charge in [-0.15, -0.1) is 11.3 Å². The number of likely N-dealkylation sites (tertiary alicyclic amines) is 1. The number of aromatic nitrogens is 2. The number of carbonyl (C=O) groups excluding carboxylic acids is 1. The summed E-state index contributed by atoms with van der Waals surface area (Å²) in [7, 11) is 2.12. The highest BCUT2D eigenvalue weighted by Gasteiger charge is 2.22. The standard InChI is InChI=1S/C27H28ClN5O2S/c1-3-25(34)29-10-11-30-26-21-14-22(28)20(18-7-4-8-24-19(18)9-13-36-24)15-23(21)31-27(32-26)35-16-17-6-5-12-33(17)2/h3-4,7-9,13-15,17H,1,5-6,10-12,16H2,2H3,(H,29,34)(H,30,31,32)/t17-/m0/s1. The summed E-state index contributed by atoms with van der Waals surface area (Å²) in [5.41, 5.74) is 2.72. The SMILES string of the molecule is C=CC(=O)NCCNc1nc(OC[C@@H]2CCCN2C)nc2cc(-c3cccc4sccc34)c(Cl)cc12. The Bertz CT molecular complexity index is 1420. The van der Waals surface area contributed by atoms with Crippen LogP contribution < -0.4 is 15.4 Å². The first kappa shape index (κ1) is 24.5. The number of halogens is 1. The normalized spacial score (nSPS) is 15.9. The van der Waals surface area contributed by atoms with Crippen LogP contribution >= 0.6 is 22.9 Å². The van der Waals surface area contributed by atoms with Crippen LogP contribution in [-0.2, 0) is 4.79 Å². The van der Waals surface area contributed by atoms with Crippen LogP contribution in [0.2, 0.25) is 5.02 Å². The number of benzene rings is 2. The fourth-order valence-electron chi connectivity index (χ4n) is 4.56. The van der Waals surface area contributed by atoms with Gasteiger partial charge in [-0.3, -0.25) is 4.79 Å². The van der Waals surface area contributed by atoms with Crippen LogP contribution in [0, 0.1) is 0 Å². The van der Waals surface area contributed by atoms with Crippen molar-refractivity contribution in [2.75, 3.05) is 38.6 Å². The Kier molecular flexibility index (Phi) is 7.36. The Balaban J connectivity index is 1.50. The van der Waals surface area contributed by atoms with Gasteiger partial charge in [0.1, 0.15) is 12.4 Å². The summed E-state index contributed by atoms with van der Waals surface area (Å²) in [5.74, 6) is 0.397. The second kappa shape index (κ2) is 10.8. The number of hydrogen-bond acceptors (Lipinski definition) is 7. The third-order valence-corrected chi connectivity index (χ3v) is 7.72. The zero-order valence-corrected chi connectivity index (χ0v) is 21.7. The van der Waals surface area contributed by atoms with E-state index >= 15 is 0 Å². The molecular formula is C27H28ClN5O2S. The second-order valence-electron chi connectivity index (χ2n) is 8.85. The fourth-order valence-corrected chi connectivity index (χ4v) is 5.64. The lowest BCUT2D eigenvalue weighted by atomic mass is 10.0. The van der Waals surface area contributed by atoms with Gasteiger partial charge in [0, 0.05) is 45.2 Å². The van der Waals surface area contributed by atoms with E-state index in [1.165, 1.54) is 17.2 Å². The molecule has 2 aromatic heterocycles. The molecule has 3 heterocycles. The molecule has 2 N–H and O–H groups in total. The largest absolute Gasteiger partial charge is 0.462 e. The molecule has 0 radical (unpaired) electrons. The number of hydrogen-bond donors (Lipinski definition) is 2. The summed E-state index contributed by atoms with van der Waals surface area (Å²) in [4.78, 5) is 23.2. The average Bonchev–Trinajstić information content (AvgIpc) is 3.53. The highest BCUT2D eigenvalue weighted by Crippen LogP contribution is 2.39. The summed E-state index contributed by atoms with van der Waals surface area (Å²) in [6.07, 6.45) is 3.52. The highest BCUT2D eigenvalue weighted by molar-refractivity contribution is 7.17. The molecule has 2 aromatic carbocycles. The molecule has 9 heteroatoms. The van der Waals surface area contributed by atoms with Crippen molar-refractivity contribution < 1.29 is 9.53 Å². The number of amides is 1. The number of anilines is 1. The van der Waals surface area contributed by atoms with Gasteiger partial charge >= 0.3 is 6.01 Å². The molecule has 36 heavy (non-hydrogen) atoms. The summed E-state index contributed by atoms with van der Waals surface area (Å²) in [6, 6.07) is 12.9. The maximum Gasteiger partial charge on any atom is 0.318 e. The van der Waals surface area contributed by atoms with Crippen molar-refractivity contribution in [1.82, 2.24) is 20.2 Å². The molecule has 0 bridgehead atoms. The van der Waals surface area contributed by atoms with E-state index in [-0.39, 0.29) is 5.91 Å². The van der Waals surface area contributed by atoms with Crippen molar-refractivity contribution >= 4 is 55.7 Å². The molecule has 4 aromatic rings. The molecule has 0 aliphatic carbocycles. The average molecular weight is 522 g/mol. The molecule has 1 fully saturated rings. The third kappa shape index (κ3) is 5.16. The van der Waals surface area contributed by atoms with Gasteiger partial charge in [-0.25, -0.2) is 0 Å². The van der Waals surface area contributed by atoms with Crippen molar-refractivity contribution in [2.24, 2.45) is 0 Å². The lowest BCUT2D eigenvalue weighted by Crippen LogP contribution is -2.31. The maximum absolute atomic E-state index is 11.5. The second-order valence-corrected chi connectivity index (χ2v) is 10.2. The predicted molar refractivity (Wildman–Crippen MR) is 148 cm³/mol. The summed E-state index contributed by atoms with van der Waals surface area (Å²) >= 11 is 8.52. The molecule has 1 saturated heterocycles. The molecule has 0 spiro atoms. The Morgan fingerprint density at radius 2 is 2.14 bits per heavy atom. The van der Waals surface area contributed by atoms with Crippen LogP contribution in [0.4, 0.5) is 5.82 Å². The van der Waals surface area contributed by atoms with E-state index in [2.05, 4.69) is 57.7 Å². The van der Waals surface area contributed by atoms with Crippen molar-refractivity contribution in [3.05, 3.63) is 59.5 Å². The molecule has 0 unspecified atom stereocenters. The van der Waals surface area contributed by atoms with Gasteiger partial charge in [-0.05, 0) is 67.7 Å². The molecular weight excluding hydrogens is 494 g/mol. The van der Waals surface area contributed by atoms with E-state index in [1.54, 1.807) is 11.3 Å². The molecule has 186 valence electrons. The third-order valence-electron chi connectivity index (χ3n) is 6.53. The van der Waals surface area contributed by atoms with Gasteiger partial charge < -0.3 is 20.3 Å². The van der Waals surface area contributed by atoms with Crippen LogP contribution in [0.15, 0.2) is 54.4 Å². The number of rotatable bonds is 9. The number of thiophene rings is 1. The molecule has 1 atom stereocenters. The van der Waals surface area contributed by atoms with Crippen LogP contribution in [0.5, 0.6) is 6.01 Å². The Hall–Kier alpha value is -3.20. The molecule has 1 aliphatic heterocycles. The first-order valence-corrected chi connectivity index (χ1v) is 13.2. The molecule has 0 saturated carbocycles. The molecule has 7 nitrogen and oxygen atoms in total. The van der Waals surface area contributed by atoms with Gasteiger partial charge in [-0.1, -0.05) is 30.3 Å². The number of fused-ring (bicyclic) bond motifs is 2. The van der Waals surface area contributed by atoms with E-state index in [9.17, 15) is 4.79 Å². The number of carbonyl (C=O) groups is 1. The number of likely N-dealkylation sites (N-methyl/N-ethyl adjacent to an activating group) is 1. The Morgan fingerprint density at radius 1 is 1.25 bits per heavy atom. The van der Waals surface area contributed by atoms with Crippen LogP contribution in [0.25, 0.3) is 32.1 Å². The Morgan fingerprint density at radius 3 is 2.94 bits per heavy atom. The highest BCUT2D eigenvalue weighted by atomic mass is 35.5. The van der Waals surface area contributed by atoms with E-state index in [4.69, 9.17) is 21.3 Å². The number of ether oxygens (including phenoxy) is 1.